The van der Waals surface area contributed by atoms with Crippen molar-refractivity contribution in [2.45, 2.75) is 43.5 Å². The number of rotatable bonds is 4. The van der Waals surface area contributed by atoms with E-state index in [2.05, 4.69) is 15.5 Å². The van der Waals surface area contributed by atoms with Crippen LogP contribution in [0.15, 0.2) is 23.4 Å². The second-order valence-corrected chi connectivity index (χ2v) is 8.45. The van der Waals surface area contributed by atoms with Crippen molar-refractivity contribution in [3.63, 3.8) is 0 Å². The van der Waals surface area contributed by atoms with E-state index >= 15 is 0 Å². The Morgan fingerprint density at radius 3 is 2.58 bits per heavy atom. The van der Waals surface area contributed by atoms with E-state index < -0.39 is 5.25 Å². The third kappa shape index (κ3) is 4.34. The molecule has 1 atom stereocenters. The summed E-state index contributed by atoms with van der Waals surface area (Å²) in [5, 5.41) is 11.9. The first-order valence-corrected chi connectivity index (χ1v) is 8.86. The molecule has 130 valence electrons. The van der Waals surface area contributed by atoms with Gasteiger partial charge in [0.1, 0.15) is 0 Å². The molecule has 0 saturated heterocycles. The molecule has 24 heavy (non-hydrogen) atoms. The highest BCUT2D eigenvalue weighted by Crippen LogP contribution is 2.28. The Bertz CT molecular complexity index is 757. The molecule has 6 nitrogen and oxygen atoms in total. The predicted octanol–water partition coefficient (Wildman–Crippen LogP) is 3.72. The molecular weight excluding hydrogens is 369 g/mol. The fourth-order valence-electron chi connectivity index (χ4n) is 1.91. The van der Waals surface area contributed by atoms with Crippen LogP contribution in [0, 0.1) is 0 Å². The number of hydrogen-bond donors (Lipinski definition) is 2. The average molecular weight is 388 g/mol. The maximum Gasteiger partial charge on any atom is 0.237 e. The average Bonchev–Trinajstić information content (AvgIpc) is 2.84. The highest BCUT2D eigenvalue weighted by atomic mass is 35.5. The van der Waals surface area contributed by atoms with Gasteiger partial charge >= 0.3 is 0 Å². The van der Waals surface area contributed by atoms with Crippen LogP contribution in [0.2, 0.25) is 10.0 Å². The molecule has 0 radical (unpaired) electrons. The van der Waals surface area contributed by atoms with E-state index in [0.29, 0.717) is 26.7 Å². The normalized spacial score (nSPS) is 12.9. The van der Waals surface area contributed by atoms with Gasteiger partial charge in [0.15, 0.2) is 5.82 Å². The van der Waals surface area contributed by atoms with E-state index in [9.17, 15) is 4.79 Å². The molecule has 0 spiro atoms. The Balaban J connectivity index is 2.10. The number of hydrogen-bond acceptors (Lipinski definition) is 5. The number of carbonyl (C=O) groups is 1. The summed E-state index contributed by atoms with van der Waals surface area (Å²) in [6.45, 7) is 7.73. The van der Waals surface area contributed by atoms with Gasteiger partial charge in [0.2, 0.25) is 11.1 Å². The Hall–Kier alpha value is -1.44. The van der Waals surface area contributed by atoms with Crippen LogP contribution in [0.1, 0.15) is 33.5 Å². The molecule has 1 aromatic carbocycles. The summed E-state index contributed by atoms with van der Waals surface area (Å²) >= 11 is 13.2. The van der Waals surface area contributed by atoms with E-state index in [1.165, 1.54) is 16.4 Å². The largest absolute Gasteiger partial charge is 0.336 e. The summed E-state index contributed by atoms with van der Waals surface area (Å²) in [5.74, 6) is 6.45. The monoisotopic (exact) mass is 387 g/mol. The van der Waals surface area contributed by atoms with Crippen LogP contribution in [-0.2, 0) is 10.2 Å². The zero-order chi connectivity index (χ0) is 18.1. The number of benzene rings is 1. The lowest BCUT2D eigenvalue weighted by atomic mass is 9.96. The lowest BCUT2D eigenvalue weighted by molar-refractivity contribution is -0.115. The first kappa shape index (κ1) is 18.9. The van der Waals surface area contributed by atoms with Crippen LogP contribution in [0.25, 0.3) is 0 Å². The molecule has 1 aromatic heterocycles. The van der Waals surface area contributed by atoms with Crippen LogP contribution in [0.3, 0.4) is 0 Å². The van der Waals surface area contributed by atoms with E-state index in [4.69, 9.17) is 29.0 Å². The van der Waals surface area contributed by atoms with Crippen LogP contribution in [0.4, 0.5) is 5.69 Å². The topological polar surface area (TPSA) is 85.8 Å². The van der Waals surface area contributed by atoms with Gasteiger partial charge in [0.05, 0.1) is 16.0 Å². The number of thioether (sulfide) groups is 1. The number of carbonyl (C=O) groups excluding carboxylic acids is 1. The summed E-state index contributed by atoms with van der Waals surface area (Å²) in [5.41, 5.74) is 0.228. The molecule has 1 amide bonds. The standard InChI is InChI=1S/C15H19Cl2N5OS/c1-8(12(23)19-11-7-9(16)5-6-10(11)17)24-14-21-20-13(22(14)18)15(2,3)4/h5-8H,18H2,1-4H3,(H,19,23)/t8-/m0/s1. The van der Waals surface area contributed by atoms with Crippen molar-refractivity contribution in [3.8, 4) is 0 Å². The van der Waals surface area contributed by atoms with E-state index in [0.717, 1.165) is 0 Å². The molecule has 9 heteroatoms. The number of amides is 1. The van der Waals surface area contributed by atoms with Gasteiger partial charge in [-0.05, 0) is 25.1 Å². The summed E-state index contributed by atoms with van der Waals surface area (Å²) in [4.78, 5) is 12.4. The number of nitrogens with two attached hydrogens (primary N) is 1. The summed E-state index contributed by atoms with van der Waals surface area (Å²) < 4.78 is 1.42. The van der Waals surface area contributed by atoms with Gasteiger partial charge in [-0.3, -0.25) is 4.79 Å². The van der Waals surface area contributed by atoms with Crippen LogP contribution < -0.4 is 11.2 Å². The summed E-state index contributed by atoms with van der Waals surface area (Å²) in [7, 11) is 0. The van der Waals surface area contributed by atoms with Gasteiger partial charge in [0.25, 0.3) is 0 Å². The first-order chi connectivity index (χ1) is 11.1. The molecule has 0 unspecified atom stereocenters. The van der Waals surface area contributed by atoms with Gasteiger partial charge < -0.3 is 11.2 Å². The molecule has 2 rings (SSSR count). The van der Waals surface area contributed by atoms with Crippen molar-refractivity contribution in [2.75, 3.05) is 11.2 Å². The quantitative estimate of drug-likeness (QED) is 0.616. The number of aromatic nitrogens is 3. The number of nitrogens with one attached hydrogen (secondary N) is 1. The van der Waals surface area contributed by atoms with Crippen LogP contribution in [-0.4, -0.2) is 26.0 Å². The number of nitrogens with zero attached hydrogens (tertiary/aromatic N) is 3. The van der Waals surface area contributed by atoms with Crippen molar-refractivity contribution in [1.82, 2.24) is 14.9 Å². The van der Waals surface area contributed by atoms with E-state index in [1.807, 2.05) is 20.8 Å². The highest BCUT2D eigenvalue weighted by molar-refractivity contribution is 8.00. The smallest absolute Gasteiger partial charge is 0.237 e. The molecule has 0 bridgehead atoms. The maximum absolute atomic E-state index is 12.4. The van der Waals surface area contributed by atoms with Gasteiger partial charge in [-0.2, -0.15) is 0 Å². The third-order valence-electron chi connectivity index (χ3n) is 3.17. The third-order valence-corrected chi connectivity index (χ3v) is 4.79. The minimum Gasteiger partial charge on any atom is -0.336 e. The van der Waals surface area contributed by atoms with Crippen molar-refractivity contribution in [3.05, 3.63) is 34.1 Å². The minimum absolute atomic E-state index is 0.232. The van der Waals surface area contributed by atoms with Crippen molar-refractivity contribution >= 4 is 46.6 Å². The van der Waals surface area contributed by atoms with E-state index in [-0.39, 0.29) is 11.3 Å². The molecule has 0 aliphatic carbocycles. The van der Waals surface area contributed by atoms with Crippen molar-refractivity contribution in [1.29, 1.82) is 0 Å². The number of halogens is 2. The molecular formula is C15H19Cl2N5OS. The molecule has 2 aromatic rings. The van der Waals surface area contributed by atoms with Gasteiger partial charge in [-0.1, -0.05) is 55.7 Å². The van der Waals surface area contributed by atoms with Gasteiger partial charge in [-0.15, -0.1) is 10.2 Å². The van der Waals surface area contributed by atoms with Crippen molar-refractivity contribution in [2.24, 2.45) is 0 Å². The predicted molar refractivity (Wildman–Crippen MR) is 99.3 cm³/mol. The lowest BCUT2D eigenvalue weighted by Crippen LogP contribution is -2.26. The van der Waals surface area contributed by atoms with Crippen molar-refractivity contribution < 1.29 is 4.79 Å². The Morgan fingerprint density at radius 1 is 1.33 bits per heavy atom. The molecule has 0 saturated carbocycles. The zero-order valence-electron chi connectivity index (χ0n) is 13.8. The SMILES string of the molecule is C[C@H](Sc1nnc(C(C)(C)C)n1N)C(=O)Nc1cc(Cl)ccc1Cl. The van der Waals surface area contributed by atoms with Gasteiger partial charge in [-0.25, -0.2) is 4.68 Å². The minimum atomic E-state index is -0.445. The number of nitrogen functional groups attached to an aromatic ring is 1. The van der Waals surface area contributed by atoms with Crippen LogP contribution in [0.5, 0.6) is 0 Å². The highest BCUT2D eigenvalue weighted by Gasteiger charge is 2.25. The summed E-state index contributed by atoms with van der Waals surface area (Å²) in [6.07, 6.45) is 0. The molecule has 3 N–H and O–H groups in total. The second-order valence-electron chi connectivity index (χ2n) is 6.30. The number of anilines is 1. The lowest BCUT2D eigenvalue weighted by Gasteiger charge is -2.17. The first-order valence-electron chi connectivity index (χ1n) is 7.23. The maximum atomic E-state index is 12.4. The van der Waals surface area contributed by atoms with E-state index in [1.54, 1.807) is 25.1 Å². The molecule has 0 aliphatic rings. The fraction of sp³-hybridized carbons (Fsp3) is 0.400. The summed E-state index contributed by atoms with van der Waals surface area (Å²) in [6, 6.07) is 4.88. The second kappa shape index (κ2) is 7.21. The molecule has 1 heterocycles. The Kier molecular flexibility index (Phi) is 5.67. The van der Waals surface area contributed by atoms with Crippen LogP contribution >= 0.6 is 35.0 Å². The zero-order valence-corrected chi connectivity index (χ0v) is 16.1. The Labute approximate surface area is 155 Å². The molecule has 0 aliphatic heterocycles. The molecule has 0 fully saturated rings. The fourth-order valence-corrected chi connectivity index (χ4v) is 3.02. The Morgan fingerprint density at radius 2 is 2.00 bits per heavy atom. The van der Waals surface area contributed by atoms with Gasteiger partial charge in [0, 0.05) is 10.4 Å².